The van der Waals surface area contributed by atoms with Gasteiger partial charge < -0.3 is 15.2 Å². The summed E-state index contributed by atoms with van der Waals surface area (Å²) in [7, 11) is 1.52. The molecule has 152 valence electrons. The summed E-state index contributed by atoms with van der Waals surface area (Å²) in [6.07, 6.45) is 4.45. The molecule has 5 aromatic rings. The number of methoxy groups -OCH3 is 1. The van der Waals surface area contributed by atoms with E-state index in [0.29, 0.717) is 17.4 Å². The number of hydrogen-bond acceptors (Lipinski definition) is 6. The Bertz CT molecular complexity index is 1450. The number of benzene rings is 3. The highest BCUT2D eigenvalue weighted by Crippen LogP contribution is 2.39. The zero-order valence-corrected chi connectivity index (χ0v) is 16.8. The van der Waals surface area contributed by atoms with Crippen LogP contribution in [0.4, 0.5) is 11.6 Å². The number of nitrogens with one attached hydrogen (secondary N) is 1. The number of aromatic nitrogens is 4. The smallest absolute Gasteiger partial charge is 0.229 e. The maximum atomic E-state index is 10.0. The summed E-state index contributed by atoms with van der Waals surface area (Å²) >= 11 is 0. The fourth-order valence-electron chi connectivity index (χ4n) is 4.45. The molecule has 0 spiro atoms. The molecule has 1 aliphatic carbocycles. The van der Waals surface area contributed by atoms with Gasteiger partial charge in [0.1, 0.15) is 0 Å². The van der Waals surface area contributed by atoms with E-state index in [1.54, 1.807) is 30.6 Å². The number of fused-ring (bicyclic) bond motifs is 1. The molecule has 2 N–H and O–H groups in total. The van der Waals surface area contributed by atoms with Crippen LogP contribution in [0.5, 0.6) is 11.5 Å². The SMILES string of the molecule is COc1ccc(Nc2ncc3cnn([C@H]4Cc5cccc6cccc4c56)c3n2)cc1O. The van der Waals surface area contributed by atoms with Gasteiger partial charge >= 0.3 is 0 Å². The van der Waals surface area contributed by atoms with E-state index in [0.717, 1.165) is 17.5 Å². The standard InChI is InChI=1S/C24H19N5O2/c1-31-21-9-8-17(11-20(21)30)27-24-25-12-16-13-26-29(23(16)28-24)19-10-15-6-2-4-14-5-3-7-18(19)22(14)15/h2-9,11-13,19,30H,10H2,1H3,(H,25,27,28)/t19-/m0/s1. The van der Waals surface area contributed by atoms with Crippen molar-refractivity contribution < 1.29 is 9.84 Å². The second kappa shape index (κ2) is 6.70. The molecule has 3 aromatic carbocycles. The van der Waals surface area contributed by atoms with E-state index in [-0.39, 0.29) is 11.8 Å². The van der Waals surface area contributed by atoms with Gasteiger partial charge in [-0.05, 0) is 40.5 Å². The van der Waals surface area contributed by atoms with E-state index in [4.69, 9.17) is 9.72 Å². The Kier molecular flexibility index (Phi) is 3.83. The second-order valence-corrected chi connectivity index (χ2v) is 7.66. The summed E-state index contributed by atoms with van der Waals surface area (Å²) in [6, 6.07) is 18.1. The maximum absolute atomic E-state index is 10.0. The van der Waals surface area contributed by atoms with Crippen molar-refractivity contribution in [3.8, 4) is 11.5 Å². The summed E-state index contributed by atoms with van der Waals surface area (Å²) in [5, 5.41) is 21.3. The summed E-state index contributed by atoms with van der Waals surface area (Å²) in [4.78, 5) is 9.14. The number of nitrogens with zero attached hydrogens (tertiary/aromatic N) is 4. The quantitative estimate of drug-likeness (QED) is 0.452. The monoisotopic (exact) mass is 409 g/mol. The minimum atomic E-state index is 0.0513. The van der Waals surface area contributed by atoms with Crippen molar-refractivity contribution in [3.63, 3.8) is 0 Å². The molecule has 2 heterocycles. The fourth-order valence-corrected chi connectivity index (χ4v) is 4.45. The van der Waals surface area contributed by atoms with Crippen molar-refractivity contribution in [2.75, 3.05) is 12.4 Å². The molecule has 0 saturated heterocycles. The Morgan fingerprint density at radius 3 is 2.77 bits per heavy atom. The Labute approximate surface area is 178 Å². The predicted octanol–water partition coefficient (Wildman–Crippen LogP) is 4.58. The van der Waals surface area contributed by atoms with Crippen molar-refractivity contribution in [3.05, 3.63) is 78.1 Å². The number of ether oxygens (including phenoxy) is 1. The topological polar surface area (TPSA) is 85.1 Å². The minimum absolute atomic E-state index is 0.0513. The van der Waals surface area contributed by atoms with Gasteiger partial charge in [-0.25, -0.2) is 9.67 Å². The Hall–Kier alpha value is -4.13. The number of hydrogen-bond donors (Lipinski definition) is 2. The van der Waals surface area contributed by atoms with Crippen LogP contribution in [-0.2, 0) is 6.42 Å². The molecule has 0 saturated carbocycles. The third-order valence-corrected chi connectivity index (χ3v) is 5.86. The number of rotatable bonds is 4. The van der Waals surface area contributed by atoms with Crippen molar-refractivity contribution in [2.45, 2.75) is 12.5 Å². The highest BCUT2D eigenvalue weighted by molar-refractivity contribution is 5.91. The lowest BCUT2D eigenvalue weighted by Crippen LogP contribution is -2.12. The molecule has 7 heteroatoms. The fraction of sp³-hybridized carbons (Fsp3) is 0.125. The lowest BCUT2D eigenvalue weighted by atomic mass is 10.0. The normalized spacial score (nSPS) is 14.9. The molecule has 6 rings (SSSR count). The third-order valence-electron chi connectivity index (χ3n) is 5.86. The van der Waals surface area contributed by atoms with Crippen molar-refractivity contribution in [1.82, 2.24) is 19.7 Å². The summed E-state index contributed by atoms with van der Waals surface area (Å²) in [5.74, 6) is 0.901. The van der Waals surface area contributed by atoms with Crippen LogP contribution in [0.2, 0.25) is 0 Å². The maximum Gasteiger partial charge on any atom is 0.229 e. The van der Waals surface area contributed by atoms with Crippen LogP contribution in [0.25, 0.3) is 21.8 Å². The van der Waals surface area contributed by atoms with E-state index in [1.807, 2.05) is 4.68 Å². The van der Waals surface area contributed by atoms with Gasteiger partial charge in [0.15, 0.2) is 17.1 Å². The molecule has 1 atom stereocenters. The van der Waals surface area contributed by atoms with Gasteiger partial charge in [-0.3, -0.25) is 0 Å². The van der Waals surface area contributed by atoms with Crippen LogP contribution >= 0.6 is 0 Å². The van der Waals surface area contributed by atoms with Gasteiger partial charge in [-0.1, -0.05) is 36.4 Å². The second-order valence-electron chi connectivity index (χ2n) is 7.66. The molecule has 0 amide bonds. The number of aromatic hydroxyl groups is 1. The van der Waals surface area contributed by atoms with Gasteiger partial charge in [-0.2, -0.15) is 10.1 Å². The molecule has 0 bridgehead atoms. The molecule has 31 heavy (non-hydrogen) atoms. The predicted molar refractivity (Wildman–Crippen MR) is 119 cm³/mol. The Morgan fingerprint density at radius 1 is 1.06 bits per heavy atom. The summed E-state index contributed by atoms with van der Waals surface area (Å²) in [6.45, 7) is 0. The van der Waals surface area contributed by atoms with E-state index in [1.165, 1.54) is 29.0 Å². The zero-order chi connectivity index (χ0) is 20.9. The van der Waals surface area contributed by atoms with Crippen molar-refractivity contribution in [2.24, 2.45) is 0 Å². The van der Waals surface area contributed by atoms with Crippen LogP contribution in [0.3, 0.4) is 0 Å². The van der Waals surface area contributed by atoms with E-state index < -0.39 is 0 Å². The molecular formula is C24H19N5O2. The third kappa shape index (κ3) is 2.78. The molecule has 1 aliphatic rings. The first-order valence-electron chi connectivity index (χ1n) is 10.1. The molecule has 0 radical (unpaired) electrons. The minimum Gasteiger partial charge on any atom is -0.504 e. The van der Waals surface area contributed by atoms with Crippen LogP contribution in [0, 0.1) is 0 Å². The lowest BCUT2D eigenvalue weighted by molar-refractivity contribution is 0.373. The van der Waals surface area contributed by atoms with Gasteiger partial charge in [0, 0.05) is 18.0 Å². The summed E-state index contributed by atoms with van der Waals surface area (Å²) in [5.41, 5.74) is 4.04. The molecule has 0 fully saturated rings. The first-order chi connectivity index (χ1) is 15.2. The van der Waals surface area contributed by atoms with E-state index in [9.17, 15) is 5.11 Å². The molecule has 0 aliphatic heterocycles. The van der Waals surface area contributed by atoms with Crippen LogP contribution < -0.4 is 10.1 Å². The number of anilines is 2. The summed E-state index contributed by atoms with van der Waals surface area (Å²) < 4.78 is 7.09. The highest BCUT2D eigenvalue weighted by Gasteiger charge is 2.27. The number of phenols is 1. The molecule has 7 nitrogen and oxygen atoms in total. The molecule has 2 aromatic heterocycles. The van der Waals surface area contributed by atoms with Gasteiger partial charge in [0.05, 0.1) is 24.7 Å². The van der Waals surface area contributed by atoms with Crippen LogP contribution in [0.1, 0.15) is 17.2 Å². The van der Waals surface area contributed by atoms with Crippen molar-refractivity contribution >= 4 is 33.4 Å². The van der Waals surface area contributed by atoms with E-state index in [2.05, 4.69) is 51.8 Å². The first kappa shape index (κ1) is 17.7. The average Bonchev–Trinajstić information content (AvgIpc) is 3.37. The average molecular weight is 409 g/mol. The Morgan fingerprint density at radius 2 is 1.94 bits per heavy atom. The first-order valence-corrected chi connectivity index (χ1v) is 10.1. The van der Waals surface area contributed by atoms with Gasteiger partial charge in [-0.15, -0.1) is 0 Å². The molecule has 0 unspecified atom stereocenters. The van der Waals surface area contributed by atoms with Crippen LogP contribution in [0.15, 0.2) is 67.0 Å². The van der Waals surface area contributed by atoms with Crippen molar-refractivity contribution in [1.29, 1.82) is 0 Å². The van der Waals surface area contributed by atoms with E-state index >= 15 is 0 Å². The number of phenolic OH excluding ortho intramolecular Hbond substituents is 1. The van der Waals surface area contributed by atoms with Crippen LogP contribution in [-0.4, -0.2) is 32.0 Å². The Balaban J connectivity index is 1.40. The van der Waals surface area contributed by atoms with Gasteiger partial charge in [0.2, 0.25) is 5.95 Å². The van der Waals surface area contributed by atoms with Gasteiger partial charge in [0.25, 0.3) is 0 Å². The largest absolute Gasteiger partial charge is 0.504 e. The highest BCUT2D eigenvalue weighted by atomic mass is 16.5. The zero-order valence-electron chi connectivity index (χ0n) is 16.8. The molecular weight excluding hydrogens is 390 g/mol. The lowest BCUT2D eigenvalue weighted by Gasteiger charge is -2.14.